The third-order valence-electron chi connectivity index (χ3n) is 6.61. The van der Waals surface area contributed by atoms with Crippen molar-refractivity contribution in [2.75, 3.05) is 13.2 Å². The van der Waals surface area contributed by atoms with E-state index in [4.69, 9.17) is 14.2 Å². The van der Waals surface area contributed by atoms with Gasteiger partial charge in [0.25, 0.3) is 0 Å². The van der Waals surface area contributed by atoms with E-state index >= 15 is 0 Å². The predicted molar refractivity (Wildman–Crippen MR) is 121 cm³/mol. The largest absolute Gasteiger partial charge is 0.479 e. The predicted octanol–water partition coefficient (Wildman–Crippen LogP) is 5.42. The summed E-state index contributed by atoms with van der Waals surface area (Å²) in [5.41, 5.74) is 1.17. The van der Waals surface area contributed by atoms with E-state index in [0.29, 0.717) is 42.8 Å². The Balaban J connectivity index is 1.58. The molecule has 1 N–H and O–H groups in total. The number of carbonyl (C=O) groups is 1. The Hall–Kier alpha value is -1.85. The molecule has 5 unspecified atom stereocenters. The molecule has 0 aliphatic carbocycles. The van der Waals surface area contributed by atoms with Gasteiger partial charge in [0.15, 0.2) is 6.10 Å². The number of rotatable bonds is 15. The molecule has 5 heteroatoms. The van der Waals surface area contributed by atoms with Gasteiger partial charge >= 0.3 is 5.97 Å². The first-order valence-electron chi connectivity index (χ1n) is 11.9. The van der Waals surface area contributed by atoms with Gasteiger partial charge in [0, 0.05) is 5.92 Å². The van der Waals surface area contributed by atoms with Crippen LogP contribution in [0.4, 0.5) is 0 Å². The molecule has 2 heterocycles. The number of carboxylic acids is 1. The molecule has 1 aromatic carbocycles. The van der Waals surface area contributed by atoms with Crippen LogP contribution in [0.3, 0.4) is 0 Å². The van der Waals surface area contributed by atoms with Crippen LogP contribution in [0.1, 0.15) is 63.9 Å². The summed E-state index contributed by atoms with van der Waals surface area (Å²) in [4.78, 5) is 11.6. The van der Waals surface area contributed by atoms with Crippen LogP contribution >= 0.6 is 0 Å². The van der Waals surface area contributed by atoms with Crippen molar-refractivity contribution in [1.82, 2.24) is 0 Å². The molecule has 2 bridgehead atoms. The zero-order valence-electron chi connectivity index (χ0n) is 18.8. The Morgan fingerprint density at radius 1 is 1.26 bits per heavy atom. The van der Waals surface area contributed by atoms with Crippen molar-refractivity contribution >= 4 is 5.97 Å². The first kappa shape index (κ1) is 23.8. The zero-order valence-corrected chi connectivity index (χ0v) is 18.8. The summed E-state index contributed by atoms with van der Waals surface area (Å²) >= 11 is 0. The molecular formula is C26H38O5. The van der Waals surface area contributed by atoms with Gasteiger partial charge in [0.1, 0.15) is 5.75 Å². The van der Waals surface area contributed by atoms with Crippen LogP contribution in [0, 0.1) is 11.8 Å². The monoisotopic (exact) mass is 430 g/mol. The molecule has 31 heavy (non-hydrogen) atoms. The lowest BCUT2D eigenvalue weighted by Gasteiger charge is -2.28. The summed E-state index contributed by atoms with van der Waals surface area (Å²) in [6.45, 7) is 7.34. The minimum Gasteiger partial charge on any atom is -0.479 e. The molecule has 0 amide bonds. The molecule has 2 aliphatic rings. The second-order valence-electron chi connectivity index (χ2n) is 8.92. The molecule has 3 rings (SSSR count). The highest BCUT2D eigenvalue weighted by atomic mass is 16.5. The van der Waals surface area contributed by atoms with Crippen LogP contribution in [0.25, 0.3) is 0 Å². The zero-order chi connectivity index (χ0) is 22.1. The fraction of sp³-hybridized carbons (Fsp3) is 0.654. The molecule has 0 aromatic heterocycles. The van der Waals surface area contributed by atoms with E-state index in [2.05, 4.69) is 19.6 Å². The molecule has 172 valence electrons. The minimum atomic E-state index is -0.889. The van der Waals surface area contributed by atoms with Gasteiger partial charge < -0.3 is 19.3 Å². The number of unbranched alkanes of at least 4 members (excludes halogenated alkanes) is 3. The lowest BCUT2D eigenvalue weighted by atomic mass is 9.76. The van der Waals surface area contributed by atoms with E-state index in [0.717, 1.165) is 58.0 Å². The van der Waals surface area contributed by atoms with Gasteiger partial charge in [0.05, 0.1) is 25.4 Å². The Labute approximate surface area is 186 Å². The summed E-state index contributed by atoms with van der Waals surface area (Å²) in [6.07, 6.45) is 10.4. The van der Waals surface area contributed by atoms with Crippen LogP contribution in [-0.2, 0) is 20.7 Å². The van der Waals surface area contributed by atoms with Crippen molar-refractivity contribution in [2.24, 2.45) is 11.8 Å². The molecule has 5 atom stereocenters. The Morgan fingerprint density at radius 3 is 2.81 bits per heavy atom. The first-order chi connectivity index (χ1) is 15.1. The van der Waals surface area contributed by atoms with Crippen molar-refractivity contribution in [1.29, 1.82) is 0 Å². The number of carboxylic acid groups (broad SMARTS) is 1. The average molecular weight is 431 g/mol. The van der Waals surface area contributed by atoms with E-state index in [1.807, 2.05) is 24.3 Å². The fourth-order valence-electron chi connectivity index (χ4n) is 4.94. The van der Waals surface area contributed by atoms with Gasteiger partial charge in [0.2, 0.25) is 0 Å². The van der Waals surface area contributed by atoms with E-state index in [1.165, 1.54) is 5.56 Å². The molecule has 2 saturated heterocycles. The maximum Gasteiger partial charge on any atom is 0.344 e. The molecular weight excluding hydrogens is 392 g/mol. The summed E-state index contributed by atoms with van der Waals surface area (Å²) in [7, 11) is 0. The van der Waals surface area contributed by atoms with Crippen LogP contribution in [-0.4, -0.2) is 42.6 Å². The van der Waals surface area contributed by atoms with Crippen molar-refractivity contribution in [3.05, 3.63) is 42.5 Å². The molecule has 5 nitrogen and oxygen atoms in total. The summed E-state index contributed by atoms with van der Waals surface area (Å²) in [6, 6.07) is 7.93. The quantitative estimate of drug-likeness (QED) is 0.297. The van der Waals surface area contributed by atoms with Crippen molar-refractivity contribution < 1.29 is 24.1 Å². The normalized spacial score (nSPS) is 25.5. The van der Waals surface area contributed by atoms with Crippen LogP contribution in [0.15, 0.2) is 36.9 Å². The molecule has 2 aliphatic heterocycles. The number of ether oxygens (including phenoxy) is 3. The van der Waals surface area contributed by atoms with Gasteiger partial charge in [-0.2, -0.15) is 0 Å². The summed E-state index contributed by atoms with van der Waals surface area (Å²) < 4.78 is 18.0. The highest BCUT2D eigenvalue weighted by Crippen LogP contribution is 2.45. The van der Waals surface area contributed by atoms with E-state index in [9.17, 15) is 9.90 Å². The average Bonchev–Trinajstić information content (AvgIpc) is 3.36. The van der Waals surface area contributed by atoms with Crippen LogP contribution in [0.5, 0.6) is 5.75 Å². The van der Waals surface area contributed by atoms with E-state index in [-0.39, 0.29) is 0 Å². The van der Waals surface area contributed by atoms with E-state index < -0.39 is 12.1 Å². The van der Waals surface area contributed by atoms with Gasteiger partial charge in [-0.05, 0) is 62.1 Å². The van der Waals surface area contributed by atoms with Crippen molar-refractivity contribution in [3.8, 4) is 5.75 Å². The lowest BCUT2D eigenvalue weighted by Crippen LogP contribution is -2.32. The van der Waals surface area contributed by atoms with Crippen LogP contribution in [0.2, 0.25) is 0 Å². The second-order valence-corrected chi connectivity index (χ2v) is 8.92. The maximum atomic E-state index is 11.6. The van der Waals surface area contributed by atoms with Crippen molar-refractivity contribution in [2.45, 2.75) is 83.0 Å². The van der Waals surface area contributed by atoms with Gasteiger partial charge in [-0.25, -0.2) is 4.79 Å². The summed E-state index contributed by atoms with van der Waals surface area (Å²) in [5, 5.41) is 9.56. The van der Waals surface area contributed by atoms with E-state index in [1.54, 1.807) is 0 Å². The molecule has 1 aromatic rings. The van der Waals surface area contributed by atoms with Gasteiger partial charge in [-0.15, -0.1) is 6.58 Å². The number of hydrogen-bond acceptors (Lipinski definition) is 4. The third-order valence-corrected chi connectivity index (χ3v) is 6.61. The fourth-order valence-corrected chi connectivity index (χ4v) is 4.94. The molecule has 0 saturated carbocycles. The summed E-state index contributed by atoms with van der Waals surface area (Å²) in [5.74, 6) is 0.601. The Bertz CT molecular complexity index is 703. The Morgan fingerprint density at radius 2 is 2.06 bits per heavy atom. The SMILES string of the molecule is C=CCCOCC1C2CCC(O2)C1Cc1cccc(OC(CCCCCC)C(=O)O)c1. The van der Waals surface area contributed by atoms with Crippen molar-refractivity contribution in [3.63, 3.8) is 0 Å². The topological polar surface area (TPSA) is 65.0 Å². The number of benzene rings is 1. The standard InChI is InChI=1S/C26H38O5/c1-3-5-7-8-12-25(26(27)28)30-20-11-9-10-19(16-20)17-21-22(18-29-15-6-4-2)24-14-13-23(21)31-24/h4,9-11,16,21-25H,2-3,5-8,12-15,17-18H2,1H3,(H,27,28). The number of fused-ring (bicyclic) bond motifs is 2. The minimum absolute atomic E-state index is 0.299. The number of hydrogen-bond donors (Lipinski definition) is 1. The number of aliphatic carboxylic acids is 1. The smallest absolute Gasteiger partial charge is 0.344 e. The van der Waals surface area contributed by atoms with Crippen LogP contribution < -0.4 is 4.74 Å². The molecule has 0 radical (unpaired) electrons. The molecule has 0 spiro atoms. The lowest BCUT2D eigenvalue weighted by molar-refractivity contribution is -0.145. The second kappa shape index (κ2) is 12.3. The molecule has 2 fully saturated rings. The maximum absolute atomic E-state index is 11.6. The Kier molecular flexibility index (Phi) is 9.41. The van der Waals surface area contributed by atoms with Gasteiger partial charge in [-0.3, -0.25) is 0 Å². The first-order valence-corrected chi connectivity index (χ1v) is 11.9. The highest BCUT2D eigenvalue weighted by Gasteiger charge is 2.48. The third kappa shape index (κ3) is 6.81. The highest BCUT2D eigenvalue weighted by molar-refractivity contribution is 5.72. The van der Waals surface area contributed by atoms with Gasteiger partial charge in [-0.1, -0.05) is 44.4 Å².